The number of allylic oxidation sites excluding steroid dienone is 1. The molecule has 1 atom stereocenters. The van der Waals surface area contributed by atoms with Crippen molar-refractivity contribution in [2.45, 2.75) is 32.7 Å². The van der Waals surface area contributed by atoms with Crippen molar-refractivity contribution < 1.29 is 14.3 Å². The quantitative estimate of drug-likeness (QED) is 0.394. The Bertz CT molecular complexity index is 1250. The van der Waals surface area contributed by atoms with Crippen molar-refractivity contribution in [2.75, 3.05) is 16.8 Å². The van der Waals surface area contributed by atoms with Crippen LogP contribution in [0.5, 0.6) is 5.75 Å². The number of nitrogens with one attached hydrogen (secondary N) is 1. The third-order valence-electron chi connectivity index (χ3n) is 6.39. The fourth-order valence-electron chi connectivity index (χ4n) is 5.00. The number of carbonyl (C=O) groups excluding carboxylic acids is 2. The number of Topliss-reactive ketones (excluding diaryl/α,β-unsaturated/α-hetero) is 1. The Morgan fingerprint density at radius 2 is 1.59 bits per heavy atom. The second-order valence-corrected chi connectivity index (χ2v) is 9.70. The number of carbonyl (C=O) groups is 2. The van der Waals surface area contributed by atoms with Gasteiger partial charge in [0, 0.05) is 17.7 Å². The number of rotatable bonds is 4. The summed E-state index contributed by atoms with van der Waals surface area (Å²) in [6.45, 7) is 4.25. The number of hydrogen-bond acceptors (Lipinski definition) is 5. The van der Waals surface area contributed by atoms with E-state index >= 15 is 0 Å². The van der Waals surface area contributed by atoms with Gasteiger partial charge in [0.2, 0.25) is 0 Å². The highest BCUT2D eigenvalue weighted by Gasteiger charge is 2.41. The molecular formula is C29H28N2O3. The smallest absolute Gasteiger partial charge is 0.330 e. The first-order chi connectivity index (χ1) is 16.4. The summed E-state index contributed by atoms with van der Waals surface area (Å²) in [6, 6.07) is 26.5. The summed E-state index contributed by atoms with van der Waals surface area (Å²) in [4.78, 5) is 28.8. The Balaban J connectivity index is 1.63. The van der Waals surface area contributed by atoms with Gasteiger partial charge < -0.3 is 15.0 Å². The number of anilines is 2. The van der Waals surface area contributed by atoms with Gasteiger partial charge in [-0.2, -0.15) is 0 Å². The van der Waals surface area contributed by atoms with Gasteiger partial charge in [-0.15, -0.1) is 0 Å². The SMILES string of the molecule is CC1(C)CC(=O)C2=C(C1)Nc1ccccc1N(CC(=O)Oc1ccccc1)[C@@H]2c1ccccc1. The first-order valence-corrected chi connectivity index (χ1v) is 11.6. The van der Waals surface area contributed by atoms with Gasteiger partial charge in [0.1, 0.15) is 12.3 Å². The number of fused-ring (bicyclic) bond motifs is 1. The molecule has 5 rings (SSSR count). The number of benzene rings is 3. The average molecular weight is 453 g/mol. The average Bonchev–Trinajstić information content (AvgIpc) is 2.94. The summed E-state index contributed by atoms with van der Waals surface area (Å²) >= 11 is 0. The Morgan fingerprint density at radius 1 is 0.941 bits per heavy atom. The van der Waals surface area contributed by atoms with Crippen LogP contribution in [0.4, 0.5) is 11.4 Å². The molecule has 0 spiro atoms. The van der Waals surface area contributed by atoms with Crippen LogP contribution in [-0.4, -0.2) is 18.3 Å². The predicted octanol–water partition coefficient (Wildman–Crippen LogP) is 5.91. The van der Waals surface area contributed by atoms with Crippen molar-refractivity contribution in [2.24, 2.45) is 5.41 Å². The lowest BCUT2D eigenvalue weighted by atomic mass is 9.73. The lowest BCUT2D eigenvalue weighted by molar-refractivity contribution is -0.133. The lowest BCUT2D eigenvalue weighted by Gasteiger charge is -2.37. The number of esters is 1. The van der Waals surface area contributed by atoms with Gasteiger partial charge in [0.15, 0.2) is 5.78 Å². The van der Waals surface area contributed by atoms with E-state index in [1.165, 1.54) is 0 Å². The Hall–Kier alpha value is -3.86. The van der Waals surface area contributed by atoms with Crippen molar-refractivity contribution in [1.29, 1.82) is 0 Å². The highest BCUT2D eigenvalue weighted by Crippen LogP contribution is 2.48. The van der Waals surface area contributed by atoms with Gasteiger partial charge >= 0.3 is 5.97 Å². The van der Waals surface area contributed by atoms with Crippen molar-refractivity contribution in [1.82, 2.24) is 0 Å². The van der Waals surface area contributed by atoms with Crippen molar-refractivity contribution >= 4 is 23.1 Å². The van der Waals surface area contributed by atoms with Gasteiger partial charge in [-0.1, -0.05) is 74.5 Å². The first kappa shape index (κ1) is 22.0. The molecule has 0 bridgehead atoms. The van der Waals surface area contributed by atoms with Crippen LogP contribution in [0.25, 0.3) is 0 Å². The maximum absolute atomic E-state index is 13.6. The summed E-state index contributed by atoms with van der Waals surface area (Å²) < 4.78 is 5.65. The van der Waals surface area contributed by atoms with Crippen LogP contribution >= 0.6 is 0 Å². The molecule has 0 saturated heterocycles. The Kier molecular flexibility index (Phi) is 5.70. The molecule has 0 saturated carbocycles. The van der Waals surface area contributed by atoms with E-state index < -0.39 is 6.04 Å². The number of ketones is 1. The minimum absolute atomic E-state index is 0.000597. The molecule has 1 heterocycles. The maximum Gasteiger partial charge on any atom is 0.330 e. The summed E-state index contributed by atoms with van der Waals surface area (Å²) in [5.74, 6) is 0.233. The predicted molar refractivity (Wildman–Crippen MR) is 134 cm³/mol. The summed E-state index contributed by atoms with van der Waals surface area (Å²) in [7, 11) is 0. The fraction of sp³-hybridized carbons (Fsp3) is 0.241. The van der Waals surface area contributed by atoms with Crippen LogP contribution in [0.3, 0.4) is 0 Å². The zero-order valence-corrected chi connectivity index (χ0v) is 19.5. The second-order valence-electron chi connectivity index (χ2n) is 9.70. The van der Waals surface area contributed by atoms with Crippen LogP contribution in [0.1, 0.15) is 38.3 Å². The third kappa shape index (κ3) is 4.34. The largest absolute Gasteiger partial charge is 0.425 e. The highest BCUT2D eigenvalue weighted by atomic mass is 16.5. The van der Waals surface area contributed by atoms with E-state index in [4.69, 9.17) is 4.74 Å². The monoisotopic (exact) mass is 452 g/mol. The second kappa shape index (κ2) is 8.82. The Labute approximate surface area is 200 Å². The van der Waals surface area contributed by atoms with E-state index in [0.717, 1.165) is 34.6 Å². The molecule has 0 fully saturated rings. The number of hydrogen-bond donors (Lipinski definition) is 1. The minimum atomic E-state index is -0.403. The molecule has 3 aromatic carbocycles. The van der Waals surface area contributed by atoms with E-state index in [0.29, 0.717) is 12.2 Å². The van der Waals surface area contributed by atoms with Crippen molar-refractivity contribution in [3.8, 4) is 5.75 Å². The summed E-state index contributed by atoms with van der Waals surface area (Å²) in [6.07, 6.45) is 1.23. The molecule has 0 amide bonds. The summed E-state index contributed by atoms with van der Waals surface area (Å²) in [5, 5.41) is 3.57. The molecule has 1 N–H and O–H groups in total. The zero-order chi connectivity index (χ0) is 23.7. The standard InChI is InChI=1S/C29H28N2O3/c1-29(2)17-23-27(25(32)18-29)28(20-11-5-3-6-12-20)31(24-16-10-9-15-22(24)30-23)19-26(33)34-21-13-7-4-8-14-21/h3-16,28,30H,17-19H2,1-2H3/t28-/m1/s1. The molecule has 34 heavy (non-hydrogen) atoms. The number of nitrogens with zero attached hydrogens (tertiary/aromatic N) is 1. The van der Waals surface area contributed by atoms with Gasteiger partial charge in [-0.25, -0.2) is 4.79 Å². The minimum Gasteiger partial charge on any atom is -0.425 e. The molecule has 5 heteroatoms. The number of para-hydroxylation sites is 3. The van der Waals surface area contributed by atoms with Crippen molar-refractivity contribution in [3.05, 3.63) is 102 Å². The fourth-order valence-corrected chi connectivity index (χ4v) is 5.00. The molecule has 2 aliphatic rings. The number of ether oxygens (including phenoxy) is 1. The van der Waals surface area contributed by atoms with E-state index in [1.807, 2.05) is 77.7 Å². The normalized spacial score (nSPS) is 18.9. The van der Waals surface area contributed by atoms with Crippen LogP contribution in [0.2, 0.25) is 0 Å². The molecule has 172 valence electrons. The van der Waals surface area contributed by atoms with Gasteiger partial charge in [0.05, 0.1) is 17.4 Å². The van der Waals surface area contributed by atoms with Gasteiger partial charge in [-0.3, -0.25) is 4.79 Å². The highest BCUT2D eigenvalue weighted by molar-refractivity contribution is 6.01. The van der Waals surface area contributed by atoms with E-state index in [2.05, 4.69) is 19.2 Å². The molecule has 1 aliphatic carbocycles. The van der Waals surface area contributed by atoms with Crippen molar-refractivity contribution in [3.63, 3.8) is 0 Å². The van der Waals surface area contributed by atoms with Crippen LogP contribution < -0.4 is 15.0 Å². The molecule has 3 aromatic rings. The van der Waals surface area contributed by atoms with E-state index in [9.17, 15) is 9.59 Å². The lowest BCUT2D eigenvalue weighted by Crippen LogP contribution is -2.39. The molecule has 1 aliphatic heterocycles. The maximum atomic E-state index is 13.6. The van der Waals surface area contributed by atoms with E-state index in [-0.39, 0.29) is 23.7 Å². The Morgan fingerprint density at radius 3 is 2.32 bits per heavy atom. The molecular weight excluding hydrogens is 424 g/mol. The molecule has 0 aromatic heterocycles. The van der Waals surface area contributed by atoms with Crippen LogP contribution in [0.15, 0.2) is 96.2 Å². The van der Waals surface area contributed by atoms with Gasteiger partial charge in [-0.05, 0) is 41.7 Å². The first-order valence-electron chi connectivity index (χ1n) is 11.6. The zero-order valence-electron chi connectivity index (χ0n) is 19.5. The molecule has 0 radical (unpaired) electrons. The molecule has 5 nitrogen and oxygen atoms in total. The molecule has 0 unspecified atom stereocenters. The summed E-state index contributed by atoms with van der Waals surface area (Å²) in [5.41, 5.74) is 4.23. The van der Waals surface area contributed by atoms with E-state index in [1.54, 1.807) is 12.1 Å². The van der Waals surface area contributed by atoms with Crippen LogP contribution in [-0.2, 0) is 9.59 Å². The van der Waals surface area contributed by atoms with Crippen LogP contribution in [0, 0.1) is 5.41 Å². The topological polar surface area (TPSA) is 58.6 Å². The third-order valence-corrected chi connectivity index (χ3v) is 6.39. The van der Waals surface area contributed by atoms with Gasteiger partial charge in [0.25, 0.3) is 0 Å².